The molecule has 2 amide bonds. The van der Waals surface area contributed by atoms with Gasteiger partial charge in [0.25, 0.3) is 11.8 Å². The second-order valence-corrected chi connectivity index (χ2v) is 16.2. The summed E-state index contributed by atoms with van der Waals surface area (Å²) >= 11 is 0. The summed E-state index contributed by atoms with van der Waals surface area (Å²) < 4.78 is 12.3. The predicted molar refractivity (Wildman–Crippen MR) is 162 cm³/mol. The zero-order valence-corrected chi connectivity index (χ0v) is 25.1. The summed E-state index contributed by atoms with van der Waals surface area (Å²) in [5.74, 6) is -0.184. The Morgan fingerprint density at radius 3 is 2.41 bits per heavy atom. The van der Waals surface area contributed by atoms with Gasteiger partial charge in [-0.1, -0.05) is 55.5 Å². The van der Waals surface area contributed by atoms with Gasteiger partial charge in [0.1, 0.15) is 11.9 Å². The number of carbonyl (C=O) groups is 2. The SMILES string of the molecule is COc1ccc([Si](C)(C)[C@@H]2[C@@H](CCO)O[C@]3(C(=O)N(c4ccccc4)c4ccc(NC(=O)[C@H](C)O)cc43)[C@H]2C)cc1. The molecule has 0 saturated carbocycles. The van der Waals surface area contributed by atoms with Crippen molar-refractivity contribution in [2.75, 3.05) is 23.9 Å². The molecule has 8 nitrogen and oxygen atoms in total. The fourth-order valence-corrected chi connectivity index (χ4v) is 10.9. The first-order valence-electron chi connectivity index (χ1n) is 14.0. The minimum Gasteiger partial charge on any atom is -0.497 e. The number of rotatable bonds is 8. The molecular formula is C32H38N2O6Si. The van der Waals surface area contributed by atoms with E-state index in [4.69, 9.17) is 9.47 Å². The van der Waals surface area contributed by atoms with E-state index in [-0.39, 0.29) is 30.1 Å². The molecule has 5 atom stereocenters. The molecule has 1 fully saturated rings. The van der Waals surface area contributed by atoms with Crippen molar-refractivity contribution in [3.63, 3.8) is 0 Å². The van der Waals surface area contributed by atoms with E-state index in [9.17, 15) is 19.8 Å². The van der Waals surface area contributed by atoms with Gasteiger partial charge >= 0.3 is 0 Å². The maximum Gasteiger partial charge on any atom is 0.268 e. The Morgan fingerprint density at radius 2 is 1.80 bits per heavy atom. The molecule has 5 rings (SSSR count). The van der Waals surface area contributed by atoms with Crippen molar-refractivity contribution in [2.45, 2.75) is 56.7 Å². The number of hydrogen-bond donors (Lipinski definition) is 3. The van der Waals surface area contributed by atoms with Crippen LogP contribution in [0.3, 0.4) is 0 Å². The number of nitrogens with zero attached hydrogens (tertiary/aromatic N) is 1. The second kappa shape index (κ2) is 11.1. The Balaban J connectivity index is 1.66. The second-order valence-electron chi connectivity index (χ2n) is 11.5. The molecule has 3 aromatic rings. The number of nitrogens with one attached hydrogen (secondary N) is 1. The van der Waals surface area contributed by atoms with Gasteiger partial charge in [-0.2, -0.15) is 0 Å². The van der Waals surface area contributed by atoms with Gasteiger partial charge in [-0.05, 0) is 61.4 Å². The highest BCUT2D eigenvalue weighted by atomic mass is 28.3. The number of hydrogen-bond acceptors (Lipinski definition) is 6. The van der Waals surface area contributed by atoms with Crippen LogP contribution in [0.4, 0.5) is 17.1 Å². The molecule has 41 heavy (non-hydrogen) atoms. The van der Waals surface area contributed by atoms with Crippen LogP contribution in [-0.2, 0) is 19.9 Å². The number of amides is 2. The predicted octanol–water partition coefficient (Wildman–Crippen LogP) is 4.29. The number of anilines is 3. The van der Waals surface area contributed by atoms with Crippen LogP contribution in [0.15, 0.2) is 72.8 Å². The molecule has 3 N–H and O–H groups in total. The lowest BCUT2D eigenvalue weighted by atomic mass is 9.82. The summed E-state index contributed by atoms with van der Waals surface area (Å²) in [7, 11) is -0.667. The maximum absolute atomic E-state index is 14.7. The Morgan fingerprint density at radius 1 is 1.12 bits per heavy atom. The number of benzene rings is 3. The first kappa shape index (κ1) is 29.0. The molecule has 0 radical (unpaired) electrons. The zero-order valence-electron chi connectivity index (χ0n) is 24.1. The van der Waals surface area contributed by atoms with Crippen molar-refractivity contribution >= 4 is 42.1 Å². The van der Waals surface area contributed by atoms with Crippen molar-refractivity contribution in [3.05, 3.63) is 78.4 Å². The molecule has 216 valence electrons. The molecule has 0 bridgehead atoms. The van der Waals surface area contributed by atoms with Gasteiger partial charge in [0.15, 0.2) is 5.60 Å². The van der Waals surface area contributed by atoms with Crippen molar-refractivity contribution in [3.8, 4) is 5.75 Å². The van der Waals surface area contributed by atoms with Crippen molar-refractivity contribution in [1.29, 1.82) is 0 Å². The van der Waals surface area contributed by atoms with Crippen LogP contribution in [0, 0.1) is 5.92 Å². The fraction of sp³-hybridized carbons (Fsp3) is 0.375. The number of methoxy groups -OCH3 is 1. The van der Waals surface area contributed by atoms with Crippen LogP contribution in [-0.4, -0.2) is 56.0 Å². The first-order chi connectivity index (χ1) is 19.6. The van der Waals surface area contributed by atoms with Crippen LogP contribution in [0.1, 0.15) is 25.8 Å². The number of carbonyl (C=O) groups excluding carboxylic acids is 2. The van der Waals surface area contributed by atoms with E-state index in [2.05, 4.69) is 37.5 Å². The standard InChI is InChI=1S/C32H38N2O6Si/c1-20-29(41(4,5)25-14-12-24(39-3)13-15-25)28(17-18-35)40-32(20)26-19-22(33-30(37)21(2)36)11-16-27(26)34(31(32)38)23-9-7-6-8-10-23/h6-16,19-21,28-29,35-36H,17-18H2,1-5H3,(H,33,37)/t20-,21-,28+,29-,32+/m0/s1. The Bertz CT molecular complexity index is 1430. The van der Waals surface area contributed by atoms with E-state index < -0.39 is 25.7 Å². The highest BCUT2D eigenvalue weighted by Crippen LogP contribution is 2.61. The summed E-state index contributed by atoms with van der Waals surface area (Å²) in [6.45, 7) is 8.00. The molecule has 2 heterocycles. The molecular weight excluding hydrogens is 536 g/mol. The molecule has 9 heteroatoms. The number of ether oxygens (including phenoxy) is 2. The van der Waals surface area contributed by atoms with Gasteiger partial charge in [0.05, 0.1) is 27.0 Å². The number of para-hydroxylation sites is 1. The summed E-state index contributed by atoms with van der Waals surface area (Å²) in [6, 6.07) is 22.9. The number of fused-ring (bicyclic) bond motifs is 2. The Hall–Kier alpha value is -3.50. The molecule has 0 aromatic heterocycles. The largest absolute Gasteiger partial charge is 0.497 e. The summed E-state index contributed by atoms with van der Waals surface area (Å²) in [5, 5.41) is 23.9. The third-order valence-electron chi connectivity index (χ3n) is 8.82. The van der Waals surface area contributed by atoms with Gasteiger partial charge < -0.3 is 25.0 Å². The lowest BCUT2D eigenvalue weighted by molar-refractivity contribution is -0.145. The highest BCUT2D eigenvalue weighted by Gasteiger charge is 2.66. The van der Waals surface area contributed by atoms with Gasteiger partial charge in [-0.15, -0.1) is 0 Å². The molecule has 0 unspecified atom stereocenters. The van der Waals surface area contributed by atoms with E-state index in [1.165, 1.54) is 12.1 Å². The van der Waals surface area contributed by atoms with Crippen LogP contribution < -0.4 is 20.1 Å². The molecule has 3 aromatic carbocycles. The van der Waals surface area contributed by atoms with E-state index in [0.29, 0.717) is 23.4 Å². The lowest BCUT2D eigenvalue weighted by Crippen LogP contribution is -2.51. The summed E-state index contributed by atoms with van der Waals surface area (Å²) in [6.07, 6.45) is -1.15. The zero-order chi connectivity index (χ0) is 29.5. The quantitative estimate of drug-likeness (QED) is 0.347. The third kappa shape index (κ3) is 4.76. The van der Waals surface area contributed by atoms with Crippen molar-refractivity contribution < 1.29 is 29.3 Å². The Labute approximate surface area is 241 Å². The van der Waals surface area contributed by atoms with Gasteiger partial charge in [-0.3, -0.25) is 14.5 Å². The maximum atomic E-state index is 14.7. The molecule has 2 aliphatic rings. The highest BCUT2D eigenvalue weighted by molar-refractivity contribution is 6.91. The lowest BCUT2D eigenvalue weighted by Gasteiger charge is -2.37. The summed E-state index contributed by atoms with van der Waals surface area (Å²) in [4.78, 5) is 28.8. The van der Waals surface area contributed by atoms with E-state index in [0.717, 1.165) is 11.4 Å². The average molecular weight is 575 g/mol. The number of aliphatic hydroxyl groups excluding tert-OH is 2. The van der Waals surface area contributed by atoms with Gasteiger partial charge in [0.2, 0.25) is 0 Å². The molecule has 1 saturated heterocycles. The van der Waals surface area contributed by atoms with Gasteiger partial charge in [-0.25, -0.2) is 0 Å². The molecule has 1 spiro atoms. The van der Waals surface area contributed by atoms with Crippen LogP contribution >= 0.6 is 0 Å². The van der Waals surface area contributed by atoms with E-state index in [1.54, 1.807) is 24.1 Å². The average Bonchev–Trinajstić information content (AvgIpc) is 3.40. The molecule has 0 aliphatic carbocycles. The minimum atomic E-state index is -2.31. The van der Waals surface area contributed by atoms with Crippen molar-refractivity contribution in [1.82, 2.24) is 0 Å². The van der Waals surface area contributed by atoms with Crippen LogP contribution in [0.5, 0.6) is 5.75 Å². The number of aliphatic hydroxyl groups is 2. The van der Waals surface area contributed by atoms with Crippen molar-refractivity contribution in [2.24, 2.45) is 5.92 Å². The van der Waals surface area contributed by atoms with Crippen LogP contribution in [0.2, 0.25) is 18.6 Å². The van der Waals surface area contributed by atoms with E-state index >= 15 is 0 Å². The topological polar surface area (TPSA) is 108 Å². The van der Waals surface area contributed by atoms with Gasteiger partial charge in [0, 0.05) is 29.5 Å². The van der Waals surface area contributed by atoms with Crippen LogP contribution in [0.25, 0.3) is 0 Å². The fourth-order valence-electron chi connectivity index (χ4n) is 6.79. The van der Waals surface area contributed by atoms with E-state index in [1.807, 2.05) is 48.5 Å². The smallest absolute Gasteiger partial charge is 0.268 e. The summed E-state index contributed by atoms with van der Waals surface area (Å²) in [5.41, 5.74) is 1.23. The first-order valence-corrected chi connectivity index (χ1v) is 17.1. The normalized spacial score (nSPS) is 24.4. The minimum absolute atomic E-state index is 0.00807. The Kier molecular flexibility index (Phi) is 7.82. The molecule has 2 aliphatic heterocycles. The monoisotopic (exact) mass is 574 g/mol. The third-order valence-corrected chi connectivity index (χ3v) is 13.2.